The molecule has 3 nitrogen and oxygen atoms in total. The number of halogens is 1. The van der Waals surface area contributed by atoms with Gasteiger partial charge in [-0.3, -0.25) is 0 Å². The van der Waals surface area contributed by atoms with Crippen LogP contribution in [0, 0.1) is 23.7 Å². The van der Waals surface area contributed by atoms with E-state index < -0.39 is 5.82 Å². The maximum Gasteiger partial charge on any atom is 0.233 e. The highest BCUT2D eigenvalue weighted by molar-refractivity contribution is 5.96. The zero-order valence-electron chi connectivity index (χ0n) is 22.6. The van der Waals surface area contributed by atoms with Crippen molar-refractivity contribution in [1.82, 2.24) is 0 Å². The molecule has 0 aliphatic heterocycles. The normalized spacial score (nSPS) is 10.5. The fraction of sp³-hybridized carbons (Fsp3) is 0. The molecule has 0 heterocycles. The first kappa shape index (κ1) is 26.3. The van der Waals surface area contributed by atoms with E-state index in [-0.39, 0.29) is 11.3 Å². The molecule has 198 valence electrons. The van der Waals surface area contributed by atoms with Crippen LogP contribution in [0.3, 0.4) is 0 Å². The number of rotatable bonds is 6. The van der Waals surface area contributed by atoms with E-state index in [0.717, 1.165) is 33.6 Å². The van der Waals surface area contributed by atoms with Crippen LogP contribution in [0.5, 0.6) is 0 Å². The summed E-state index contributed by atoms with van der Waals surface area (Å²) in [6.45, 7) is 7.90. The summed E-state index contributed by atoms with van der Waals surface area (Å²) in [4.78, 5) is 5.58. The monoisotopic (exact) mass is 541 g/mol. The minimum atomic E-state index is -0.811. The van der Waals surface area contributed by atoms with Crippen molar-refractivity contribution in [2.45, 2.75) is 0 Å². The minimum absolute atomic E-state index is 0.178. The lowest BCUT2D eigenvalue weighted by atomic mass is 9.96. The van der Waals surface area contributed by atoms with Gasteiger partial charge in [0.1, 0.15) is 11.9 Å². The summed E-state index contributed by atoms with van der Waals surface area (Å²) in [5, 5.41) is 9.86. The Morgan fingerprint density at radius 2 is 0.976 bits per heavy atom. The molecule has 0 bridgehead atoms. The minimum Gasteiger partial charge on any atom is -0.311 e. The van der Waals surface area contributed by atoms with Gasteiger partial charge in [0.15, 0.2) is 0 Å². The second kappa shape index (κ2) is 11.6. The molecule has 0 fully saturated rings. The molecule has 0 saturated heterocycles. The fourth-order valence-corrected chi connectivity index (χ4v) is 5.18. The van der Waals surface area contributed by atoms with Crippen molar-refractivity contribution < 1.29 is 4.39 Å². The first-order valence-electron chi connectivity index (χ1n) is 13.5. The first-order chi connectivity index (χ1) is 20.7. The Labute approximate surface area is 244 Å². The zero-order valence-corrected chi connectivity index (χ0v) is 22.6. The quantitative estimate of drug-likeness (QED) is 0.196. The highest BCUT2D eigenvalue weighted by Gasteiger charge is 2.25. The van der Waals surface area contributed by atoms with Crippen LogP contribution in [0.25, 0.3) is 38.2 Å². The Morgan fingerprint density at radius 1 is 0.571 bits per heavy atom. The Balaban J connectivity index is 1.59. The Kier molecular flexibility index (Phi) is 7.28. The van der Waals surface area contributed by atoms with Gasteiger partial charge in [-0.2, -0.15) is 5.26 Å². The summed E-state index contributed by atoms with van der Waals surface area (Å²) in [6, 6.07) is 49.2. The summed E-state index contributed by atoms with van der Waals surface area (Å²) in [5.74, 6) is -0.811. The summed E-state index contributed by atoms with van der Waals surface area (Å²) >= 11 is 0. The summed E-state index contributed by atoms with van der Waals surface area (Å²) < 4.78 is 15.5. The predicted molar refractivity (Wildman–Crippen MR) is 168 cm³/mol. The van der Waals surface area contributed by atoms with Crippen LogP contribution < -0.4 is 4.90 Å². The van der Waals surface area contributed by atoms with E-state index in [2.05, 4.69) is 29.1 Å². The van der Waals surface area contributed by atoms with E-state index in [4.69, 9.17) is 6.57 Å². The van der Waals surface area contributed by atoms with Crippen molar-refractivity contribution in [2.24, 2.45) is 0 Å². The van der Waals surface area contributed by atoms with Crippen LogP contribution >= 0.6 is 0 Å². The van der Waals surface area contributed by atoms with Gasteiger partial charge in [0.05, 0.1) is 12.1 Å². The summed E-state index contributed by atoms with van der Waals surface area (Å²) in [7, 11) is 0. The molecule has 0 unspecified atom stereocenters. The zero-order chi connectivity index (χ0) is 28.9. The lowest BCUT2D eigenvalue weighted by molar-refractivity contribution is 0.630. The third kappa shape index (κ3) is 5.02. The van der Waals surface area contributed by atoms with E-state index in [1.807, 2.05) is 126 Å². The standard InChI is InChI=1S/C38H24FN3/c1-41-38-36(31-15-9-4-10-16-31)35(25-32(26-40)37(38)39)42(33-21-17-29(18-22-33)27-11-5-2-6-12-27)34-23-19-30(20-24-34)28-13-7-3-8-14-28/h2-25H. The molecule has 0 aromatic heterocycles. The van der Waals surface area contributed by atoms with E-state index in [1.54, 1.807) is 6.07 Å². The van der Waals surface area contributed by atoms with Crippen LogP contribution in [-0.4, -0.2) is 0 Å². The summed E-state index contributed by atoms with van der Waals surface area (Å²) in [5.41, 5.74) is 7.23. The lowest BCUT2D eigenvalue weighted by Crippen LogP contribution is -2.12. The van der Waals surface area contributed by atoms with Gasteiger partial charge in [0.25, 0.3) is 0 Å². The van der Waals surface area contributed by atoms with Crippen molar-refractivity contribution >= 4 is 22.7 Å². The van der Waals surface area contributed by atoms with Gasteiger partial charge in [-0.15, -0.1) is 0 Å². The van der Waals surface area contributed by atoms with Crippen LogP contribution in [0.15, 0.2) is 146 Å². The van der Waals surface area contributed by atoms with Gasteiger partial charge in [-0.05, 0) is 58.1 Å². The smallest absolute Gasteiger partial charge is 0.233 e. The Morgan fingerprint density at radius 3 is 1.38 bits per heavy atom. The molecule has 0 spiro atoms. The van der Waals surface area contributed by atoms with Crippen molar-refractivity contribution in [3.63, 3.8) is 0 Å². The average molecular weight is 542 g/mol. The van der Waals surface area contributed by atoms with Crippen LogP contribution in [-0.2, 0) is 0 Å². The molecular formula is C38H24FN3. The first-order valence-corrected chi connectivity index (χ1v) is 13.5. The van der Waals surface area contributed by atoms with Crippen molar-refractivity contribution in [2.75, 3.05) is 4.90 Å². The second-order valence-electron chi connectivity index (χ2n) is 9.73. The number of anilines is 3. The number of hydrogen-bond donors (Lipinski definition) is 0. The van der Waals surface area contributed by atoms with E-state index >= 15 is 4.39 Å². The van der Waals surface area contributed by atoms with Gasteiger partial charge in [0.2, 0.25) is 5.69 Å². The van der Waals surface area contributed by atoms with Gasteiger partial charge >= 0.3 is 0 Å². The number of nitrogens with zero attached hydrogens (tertiary/aromatic N) is 3. The number of hydrogen-bond acceptors (Lipinski definition) is 2. The molecule has 6 aromatic carbocycles. The molecule has 0 atom stereocenters. The third-order valence-electron chi connectivity index (χ3n) is 7.22. The number of nitriles is 1. The second-order valence-corrected chi connectivity index (χ2v) is 9.73. The van der Waals surface area contributed by atoms with Crippen LogP contribution in [0.2, 0.25) is 0 Å². The SMILES string of the molecule is [C-]#[N+]c1c(F)c(C#N)cc(N(c2ccc(-c3ccccc3)cc2)c2ccc(-c3ccccc3)cc2)c1-c1ccccc1. The lowest BCUT2D eigenvalue weighted by Gasteiger charge is -2.29. The number of benzene rings is 6. The maximum atomic E-state index is 15.5. The van der Waals surface area contributed by atoms with Crippen molar-refractivity contribution in [3.8, 4) is 39.4 Å². The highest BCUT2D eigenvalue weighted by Crippen LogP contribution is 2.47. The molecule has 6 aromatic rings. The van der Waals surface area contributed by atoms with E-state index in [1.165, 1.54) is 0 Å². The predicted octanol–water partition coefficient (Wildman–Crippen LogP) is 10.7. The van der Waals surface area contributed by atoms with E-state index in [0.29, 0.717) is 16.8 Å². The fourth-order valence-electron chi connectivity index (χ4n) is 5.18. The van der Waals surface area contributed by atoms with Crippen LogP contribution in [0.1, 0.15) is 5.56 Å². The largest absolute Gasteiger partial charge is 0.311 e. The molecule has 0 aliphatic carbocycles. The topological polar surface area (TPSA) is 31.4 Å². The molecule has 42 heavy (non-hydrogen) atoms. The molecule has 4 heteroatoms. The molecule has 0 aliphatic rings. The molecule has 0 radical (unpaired) electrons. The van der Waals surface area contributed by atoms with Gasteiger partial charge in [-0.25, -0.2) is 9.24 Å². The molecule has 0 N–H and O–H groups in total. The molecular weight excluding hydrogens is 517 g/mol. The van der Waals surface area contributed by atoms with E-state index in [9.17, 15) is 5.26 Å². The van der Waals surface area contributed by atoms with Gasteiger partial charge in [-0.1, -0.05) is 115 Å². The Hall–Kier alpha value is -5.97. The van der Waals surface area contributed by atoms with Gasteiger partial charge in [0, 0.05) is 22.6 Å². The maximum absolute atomic E-state index is 15.5. The summed E-state index contributed by atoms with van der Waals surface area (Å²) in [6.07, 6.45) is 0. The third-order valence-corrected chi connectivity index (χ3v) is 7.22. The van der Waals surface area contributed by atoms with Crippen LogP contribution in [0.4, 0.5) is 27.1 Å². The molecule has 6 rings (SSSR count). The van der Waals surface area contributed by atoms with Crippen molar-refractivity contribution in [3.05, 3.63) is 168 Å². The van der Waals surface area contributed by atoms with Crippen molar-refractivity contribution in [1.29, 1.82) is 5.26 Å². The average Bonchev–Trinajstić information content (AvgIpc) is 3.07. The Bertz CT molecular complexity index is 1840. The highest BCUT2D eigenvalue weighted by atomic mass is 19.1. The molecule has 0 amide bonds. The van der Waals surface area contributed by atoms with Gasteiger partial charge < -0.3 is 4.90 Å². The molecule has 0 saturated carbocycles.